The summed E-state index contributed by atoms with van der Waals surface area (Å²) in [5.41, 5.74) is 0. The molecule has 0 aliphatic heterocycles. The number of carbonyl (C=O) groups excluding carboxylic acids is 2. The molecular weight excluding hydrogens is 336 g/mol. The predicted molar refractivity (Wildman–Crippen MR) is 87.0 cm³/mol. The first-order valence-corrected chi connectivity index (χ1v) is 8.63. The fourth-order valence-corrected chi connectivity index (χ4v) is 2.52. The van der Waals surface area contributed by atoms with Crippen LogP contribution in [0.25, 0.3) is 0 Å². The van der Waals surface area contributed by atoms with E-state index in [1.807, 2.05) is 6.92 Å². The molecule has 0 radical (unpaired) electrons. The van der Waals surface area contributed by atoms with Crippen molar-refractivity contribution in [1.82, 2.24) is 10.0 Å². The van der Waals surface area contributed by atoms with Gasteiger partial charge in [-0.25, -0.2) is 8.42 Å². The molecule has 0 saturated heterocycles. The lowest BCUT2D eigenvalue weighted by Gasteiger charge is -2.08. The SMILES string of the molecule is C=CCNC(=O)COC(=O)CNS(=O)(=O)c1ccc(OCC)cc1. The van der Waals surface area contributed by atoms with E-state index >= 15 is 0 Å². The number of esters is 1. The van der Waals surface area contributed by atoms with Crippen LogP contribution in [0, 0.1) is 0 Å². The highest BCUT2D eigenvalue weighted by Crippen LogP contribution is 2.15. The third kappa shape index (κ3) is 6.80. The van der Waals surface area contributed by atoms with Crippen molar-refractivity contribution in [2.24, 2.45) is 0 Å². The molecule has 24 heavy (non-hydrogen) atoms. The Bertz CT molecular complexity index is 670. The van der Waals surface area contributed by atoms with Gasteiger partial charge in [0.2, 0.25) is 10.0 Å². The van der Waals surface area contributed by atoms with E-state index in [1.165, 1.54) is 30.3 Å². The van der Waals surface area contributed by atoms with Crippen molar-refractivity contribution in [3.8, 4) is 5.75 Å². The van der Waals surface area contributed by atoms with E-state index in [0.29, 0.717) is 12.4 Å². The minimum Gasteiger partial charge on any atom is -0.494 e. The van der Waals surface area contributed by atoms with Gasteiger partial charge in [0.05, 0.1) is 11.5 Å². The molecule has 0 bridgehead atoms. The van der Waals surface area contributed by atoms with E-state index < -0.39 is 35.1 Å². The van der Waals surface area contributed by atoms with Gasteiger partial charge < -0.3 is 14.8 Å². The number of nitrogens with one attached hydrogen (secondary N) is 2. The van der Waals surface area contributed by atoms with Crippen LogP contribution in [-0.4, -0.2) is 46.6 Å². The molecule has 0 unspecified atom stereocenters. The maximum absolute atomic E-state index is 12.0. The molecule has 1 aromatic rings. The molecule has 0 fully saturated rings. The van der Waals surface area contributed by atoms with Crippen LogP contribution in [0.4, 0.5) is 0 Å². The second-order valence-corrected chi connectivity index (χ2v) is 6.25. The lowest BCUT2D eigenvalue weighted by atomic mass is 10.3. The van der Waals surface area contributed by atoms with Gasteiger partial charge in [-0.2, -0.15) is 4.72 Å². The number of amides is 1. The Hall–Kier alpha value is -2.39. The molecule has 0 aliphatic rings. The summed E-state index contributed by atoms with van der Waals surface area (Å²) in [4.78, 5) is 22.7. The van der Waals surface area contributed by atoms with Crippen LogP contribution in [-0.2, 0) is 24.3 Å². The zero-order chi connectivity index (χ0) is 18.0. The number of ether oxygens (including phenoxy) is 2. The van der Waals surface area contributed by atoms with E-state index in [1.54, 1.807) is 0 Å². The Morgan fingerprint density at radius 2 is 1.92 bits per heavy atom. The zero-order valence-corrected chi connectivity index (χ0v) is 14.1. The van der Waals surface area contributed by atoms with Crippen LogP contribution < -0.4 is 14.8 Å². The fourth-order valence-electron chi connectivity index (χ4n) is 1.55. The summed E-state index contributed by atoms with van der Waals surface area (Å²) in [6.45, 7) is 4.89. The first-order chi connectivity index (χ1) is 11.4. The van der Waals surface area contributed by atoms with Gasteiger partial charge in [0.25, 0.3) is 5.91 Å². The third-order valence-electron chi connectivity index (χ3n) is 2.66. The lowest BCUT2D eigenvalue weighted by Crippen LogP contribution is -2.34. The Morgan fingerprint density at radius 1 is 1.25 bits per heavy atom. The number of carbonyl (C=O) groups is 2. The van der Waals surface area contributed by atoms with Crippen LogP contribution in [0.1, 0.15) is 6.92 Å². The number of benzene rings is 1. The van der Waals surface area contributed by atoms with Crippen LogP contribution in [0.5, 0.6) is 5.75 Å². The molecule has 0 spiro atoms. The summed E-state index contributed by atoms with van der Waals surface area (Å²) in [5.74, 6) is -0.822. The van der Waals surface area contributed by atoms with Crippen molar-refractivity contribution < 1.29 is 27.5 Å². The first kappa shape index (κ1) is 19.7. The minimum atomic E-state index is -3.86. The first-order valence-electron chi connectivity index (χ1n) is 7.14. The standard InChI is InChI=1S/C15H20N2O6S/c1-3-9-16-14(18)11-23-15(19)10-17-24(20,21)13-7-5-12(6-8-13)22-4-2/h3,5-8,17H,1,4,9-11H2,2H3,(H,16,18). The molecule has 1 amide bonds. The second kappa shape index (κ2) is 9.68. The molecule has 9 heteroatoms. The maximum atomic E-state index is 12.0. The number of hydrogen-bond donors (Lipinski definition) is 2. The summed E-state index contributed by atoms with van der Waals surface area (Å²) in [6, 6.07) is 5.75. The molecule has 0 atom stereocenters. The van der Waals surface area contributed by atoms with E-state index in [-0.39, 0.29) is 11.4 Å². The van der Waals surface area contributed by atoms with Crippen LogP contribution in [0.3, 0.4) is 0 Å². The molecule has 0 saturated carbocycles. The van der Waals surface area contributed by atoms with Crippen LogP contribution in [0.15, 0.2) is 41.8 Å². The van der Waals surface area contributed by atoms with Crippen molar-refractivity contribution in [3.63, 3.8) is 0 Å². The Labute approximate surface area is 140 Å². The molecule has 0 aliphatic carbocycles. The number of sulfonamides is 1. The summed E-state index contributed by atoms with van der Waals surface area (Å²) < 4.78 is 36.0. The number of rotatable bonds is 10. The molecule has 0 aromatic heterocycles. The normalized spacial score (nSPS) is 10.7. The van der Waals surface area contributed by atoms with E-state index in [9.17, 15) is 18.0 Å². The van der Waals surface area contributed by atoms with E-state index in [2.05, 4.69) is 21.4 Å². The second-order valence-electron chi connectivity index (χ2n) is 4.48. The van der Waals surface area contributed by atoms with Crippen molar-refractivity contribution >= 4 is 21.9 Å². The fraction of sp³-hybridized carbons (Fsp3) is 0.333. The topological polar surface area (TPSA) is 111 Å². The summed E-state index contributed by atoms with van der Waals surface area (Å²) in [7, 11) is -3.86. The quantitative estimate of drug-likeness (QED) is 0.458. The molecule has 2 N–H and O–H groups in total. The van der Waals surface area contributed by atoms with Gasteiger partial charge in [0.1, 0.15) is 12.3 Å². The van der Waals surface area contributed by atoms with Crippen molar-refractivity contribution in [3.05, 3.63) is 36.9 Å². The highest BCUT2D eigenvalue weighted by atomic mass is 32.2. The molecule has 1 rings (SSSR count). The Kier molecular flexibility index (Phi) is 7.93. The van der Waals surface area contributed by atoms with Gasteiger partial charge in [0, 0.05) is 6.54 Å². The highest BCUT2D eigenvalue weighted by Gasteiger charge is 2.16. The third-order valence-corrected chi connectivity index (χ3v) is 4.08. The summed E-state index contributed by atoms with van der Waals surface area (Å²) in [5, 5.41) is 2.42. The average Bonchev–Trinajstić information content (AvgIpc) is 2.57. The van der Waals surface area contributed by atoms with Crippen LogP contribution >= 0.6 is 0 Å². The minimum absolute atomic E-state index is 0.0116. The van der Waals surface area contributed by atoms with E-state index in [4.69, 9.17) is 4.74 Å². The van der Waals surface area contributed by atoms with Crippen molar-refractivity contribution in [2.45, 2.75) is 11.8 Å². The van der Waals surface area contributed by atoms with Gasteiger partial charge in [0.15, 0.2) is 6.61 Å². The summed E-state index contributed by atoms with van der Waals surface area (Å²) in [6.07, 6.45) is 1.48. The number of hydrogen-bond acceptors (Lipinski definition) is 6. The monoisotopic (exact) mass is 356 g/mol. The van der Waals surface area contributed by atoms with Gasteiger partial charge in [-0.1, -0.05) is 6.08 Å². The van der Waals surface area contributed by atoms with Gasteiger partial charge in [-0.05, 0) is 31.2 Å². The Morgan fingerprint density at radius 3 is 2.50 bits per heavy atom. The predicted octanol–water partition coefficient (Wildman–Crippen LogP) is 0.209. The lowest BCUT2D eigenvalue weighted by molar-refractivity contribution is -0.147. The highest BCUT2D eigenvalue weighted by molar-refractivity contribution is 7.89. The molecule has 8 nitrogen and oxygen atoms in total. The van der Waals surface area contributed by atoms with Crippen molar-refractivity contribution in [2.75, 3.05) is 26.3 Å². The maximum Gasteiger partial charge on any atom is 0.321 e. The molecule has 1 aromatic carbocycles. The van der Waals surface area contributed by atoms with Gasteiger partial charge in [-0.3, -0.25) is 9.59 Å². The summed E-state index contributed by atoms with van der Waals surface area (Å²) >= 11 is 0. The Balaban J connectivity index is 2.48. The van der Waals surface area contributed by atoms with E-state index in [0.717, 1.165) is 0 Å². The van der Waals surface area contributed by atoms with Crippen LogP contribution in [0.2, 0.25) is 0 Å². The molecule has 0 heterocycles. The van der Waals surface area contributed by atoms with Gasteiger partial charge >= 0.3 is 5.97 Å². The smallest absolute Gasteiger partial charge is 0.321 e. The molecule has 132 valence electrons. The van der Waals surface area contributed by atoms with Gasteiger partial charge in [-0.15, -0.1) is 6.58 Å². The average molecular weight is 356 g/mol. The van der Waals surface area contributed by atoms with Crippen molar-refractivity contribution in [1.29, 1.82) is 0 Å². The zero-order valence-electron chi connectivity index (χ0n) is 13.3. The largest absolute Gasteiger partial charge is 0.494 e. The molecular formula is C15H20N2O6S.